The van der Waals surface area contributed by atoms with Gasteiger partial charge < -0.3 is 10.1 Å². The SMILES string of the molecule is COCCNc1ncc(Br)cc1F. The molecule has 0 amide bonds. The molecule has 0 radical (unpaired) electrons. The lowest BCUT2D eigenvalue weighted by Gasteiger charge is -2.05. The largest absolute Gasteiger partial charge is 0.383 e. The second-order valence-electron chi connectivity index (χ2n) is 2.40. The molecule has 5 heteroatoms. The molecular weight excluding hydrogens is 239 g/mol. The van der Waals surface area contributed by atoms with Crippen LogP contribution < -0.4 is 5.32 Å². The molecule has 13 heavy (non-hydrogen) atoms. The first kappa shape index (κ1) is 10.4. The number of nitrogens with zero attached hydrogens (tertiary/aromatic N) is 1. The predicted octanol–water partition coefficient (Wildman–Crippen LogP) is 2.04. The summed E-state index contributed by atoms with van der Waals surface area (Å²) in [7, 11) is 1.59. The van der Waals surface area contributed by atoms with Crippen molar-refractivity contribution in [2.24, 2.45) is 0 Å². The molecule has 1 N–H and O–H groups in total. The van der Waals surface area contributed by atoms with Crippen LogP contribution in [0.25, 0.3) is 0 Å². The number of aromatic nitrogens is 1. The molecule has 1 aromatic heterocycles. The van der Waals surface area contributed by atoms with Gasteiger partial charge in [-0.25, -0.2) is 9.37 Å². The molecule has 1 rings (SSSR count). The fourth-order valence-electron chi connectivity index (χ4n) is 0.816. The summed E-state index contributed by atoms with van der Waals surface area (Å²) in [6.07, 6.45) is 1.54. The number of hydrogen-bond donors (Lipinski definition) is 1. The third kappa shape index (κ3) is 3.28. The van der Waals surface area contributed by atoms with Gasteiger partial charge in [0.25, 0.3) is 0 Å². The maximum atomic E-state index is 13.1. The molecule has 0 spiro atoms. The van der Waals surface area contributed by atoms with Gasteiger partial charge in [0.2, 0.25) is 0 Å². The molecule has 72 valence electrons. The highest BCUT2D eigenvalue weighted by Crippen LogP contribution is 2.15. The molecule has 0 aromatic carbocycles. The highest BCUT2D eigenvalue weighted by molar-refractivity contribution is 9.10. The van der Waals surface area contributed by atoms with Gasteiger partial charge >= 0.3 is 0 Å². The van der Waals surface area contributed by atoms with E-state index in [9.17, 15) is 4.39 Å². The number of methoxy groups -OCH3 is 1. The Bertz CT molecular complexity index is 283. The van der Waals surface area contributed by atoms with Crippen LogP contribution in [-0.4, -0.2) is 25.2 Å². The van der Waals surface area contributed by atoms with E-state index in [0.717, 1.165) is 0 Å². The average Bonchev–Trinajstić information content (AvgIpc) is 2.09. The average molecular weight is 249 g/mol. The molecule has 0 unspecified atom stereocenters. The minimum Gasteiger partial charge on any atom is -0.383 e. The lowest BCUT2D eigenvalue weighted by molar-refractivity contribution is 0.210. The van der Waals surface area contributed by atoms with Gasteiger partial charge in [0.15, 0.2) is 11.6 Å². The molecule has 0 atom stereocenters. The van der Waals surface area contributed by atoms with E-state index in [1.807, 2.05) is 0 Å². The van der Waals surface area contributed by atoms with Crippen molar-refractivity contribution in [1.29, 1.82) is 0 Å². The van der Waals surface area contributed by atoms with E-state index >= 15 is 0 Å². The number of hydrogen-bond acceptors (Lipinski definition) is 3. The monoisotopic (exact) mass is 248 g/mol. The van der Waals surface area contributed by atoms with Crippen LogP contribution >= 0.6 is 15.9 Å². The van der Waals surface area contributed by atoms with Crippen LogP contribution in [0.15, 0.2) is 16.7 Å². The zero-order chi connectivity index (χ0) is 9.68. The molecule has 0 aliphatic heterocycles. The quantitative estimate of drug-likeness (QED) is 0.829. The summed E-state index contributed by atoms with van der Waals surface area (Å²) in [5, 5.41) is 2.81. The van der Waals surface area contributed by atoms with Gasteiger partial charge in [-0.05, 0) is 22.0 Å². The van der Waals surface area contributed by atoms with Crippen LogP contribution in [0, 0.1) is 5.82 Å². The Morgan fingerprint density at radius 2 is 2.46 bits per heavy atom. The predicted molar refractivity (Wildman–Crippen MR) is 52.3 cm³/mol. The number of ether oxygens (including phenoxy) is 1. The van der Waals surface area contributed by atoms with E-state index in [0.29, 0.717) is 17.6 Å². The molecule has 1 aromatic rings. The van der Waals surface area contributed by atoms with Crippen LogP contribution in [0.3, 0.4) is 0 Å². The van der Waals surface area contributed by atoms with E-state index in [-0.39, 0.29) is 11.6 Å². The van der Waals surface area contributed by atoms with Gasteiger partial charge in [0.1, 0.15) is 0 Å². The Balaban J connectivity index is 2.56. The maximum Gasteiger partial charge on any atom is 0.166 e. The molecular formula is C8H10BrFN2O. The van der Waals surface area contributed by atoms with Gasteiger partial charge in [-0.1, -0.05) is 0 Å². The second-order valence-corrected chi connectivity index (χ2v) is 3.32. The zero-order valence-electron chi connectivity index (χ0n) is 7.18. The first-order valence-electron chi connectivity index (χ1n) is 3.78. The van der Waals surface area contributed by atoms with Crippen molar-refractivity contribution in [3.05, 3.63) is 22.6 Å². The Labute approximate surface area is 84.4 Å². The van der Waals surface area contributed by atoms with Crippen LogP contribution in [0.1, 0.15) is 0 Å². The number of anilines is 1. The highest BCUT2D eigenvalue weighted by atomic mass is 79.9. The number of pyridine rings is 1. The van der Waals surface area contributed by atoms with E-state index in [4.69, 9.17) is 4.74 Å². The molecule has 3 nitrogen and oxygen atoms in total. The standard InChI is InChI=1S/C8H10BrFN2O/c1-13-3-2-11-8-7(10)4-6(9)5-12-8/h4-5H,2-3H2,1H3,(H,11,12). The third-order valence-corrected chi connectivity index (χ3v) is 1.84. The topological polar surface area (TPSA) is 34.1 Å². The van der Waals surface area contributed by atoms with Crippen molar-refractivity contribution < 1.29 is 9.13 Å². The summed E-state index contributed by atoms with van der Waals surface area (Å²) in [5.74, 6) is -0.120. The van der Waals surface area contributed by atoms with Gasteiger partial charge in [-0.2, -0.15) is 0 Å². The second kappa shape index (κ2) is 5.14. The zero-order valence-corrected chi connectivity index (χ0v) is 8.77. The fraction of sp³-hybridized carbons (Fsp3) is 0.375. The molecule has 0 saturated heterocycles. The summed E-state index contributed by atoms with van der Waals surface area (Å²) in [6, 6.07) is 1.36. The van der Waals surface area contributed by atoms with E-state index < -0.39 is 0 Å². The van der Waals surface area contributed by atoms with Crippen LogP contribution in [-0.2, 0) is 4.74 Å². The van der Waals surface area contributed by atoms with Crippen molar-refractivity contribution in [2.45, 2.75) is 0 Å². The molecule has 0 fully saturated rings. The molecule has 0 bridgehead atoms. The van der Waals surface area contributed by atoms with E-state index in [1.54, 1.807) is 7.11 Å². The van der Waals surface area contributed by atoms with Crippen molar-refractivity contribution in [3.8, 4) is 0 Å². The Kier molecular flexibility index (Phi) is 4.11. The maximum absolute atomic E-state index is 13.1. The number of halogens is 2. The van der Waals surface area contributed by atoms with E-state index in [1.165, 1.54) is 12.3 Å². The van der Waals surface area contributed by atoms with Crippen LogP contribution in [0.5, 0.6) is 0 Å². The lowest BCUT2D eigenvalue weighted by Crippen LogP contribution is -2.10. The Morgan fingerprint density at radius 1 is 1.69 bits per heavy atom. The third-order valence-electron chi connectivity index (χ3n) is 1.41. The van der Waals surface area contributed by atoms with Crippen molar-refractivity contribution >= 4 is 21.7 Å². The molecule has 0 aliphatic rings. The molecule has 1 heterocycles. The summed E-state index contributed by atoms with van der Waals surface area (Å²) in [5.41, 5.74) is 0. The fourth-order valence-corrected chi connectivity index (χ4v) is 1.12. The summed E-state index contributed by atoms with van der Waals surface area (Å²) >= 11 is 3.12. The summed E-state index contributed by atoms with van der Waals surface area (Å²) < 4.78 is 18.5. The van der Waals surface area contributed by atoms with Gasteiger partial charge in [-0.15, -0.1) is 0 Å². The minimum atomic E-state index is -0.370. The number of rotatable bonds is 4. The van der Waals surface area contributed by atoms with Crippen LogP contribution in [0.4, 0.5) is 10.2 Å². The summed E-state index contributed by atoms with van der Waals surface area (Å²) in [6.45, 7) is 1.07. The smallest absolute Gasteiger partial charge is 0.166 e. The minimum absolute atomic E-state index is 0.250. The first-order valence-corrected chi connectivity index (χ1v) is 4.57. The first-order chi connectivity index (χ1) is 6.24. The van der Waals surface area contributed by atoms with Crippen molar-refractivity contribution in [3.63, 3.8) is 0 Å². The molecule has 0 aliphatic carbocycles. The van der Waals surface area contributed by atoms with Gasteiger partial charge in [-0.3, -0.25) is 0 Å². The van der Waals surface area contributed by atoms with Crippen molar-refractivity contribution in [1.82, 2.24) is 4.98 Å². The van der Waals surface area contributed by atoms with Crippen LogP contribution in [0.2, 0.25) is 0 Å². The molecule has 0 saturated carbocycles. The Hall–Kier alpha value is -0.680. The van der Waals surface area contributed by atoms with E-state index in [2.05, 4.69) is 26.2 Å². The highest BCUT2D eigenvalue weighted by Gasteiger charge is 2.02. The Morgan fingerprint density at radius 3 is 3.08 bits per heavy atom. The lowest BCUT2D eigenvalue weighted by atomic mass is 10.4. The number of nitrogens with one attached hydrogen (secondary N) is 1. The van der Waals surface area contributed by atoms with Gasteiger partial charge in [0.05, 0.1) is 6.61 Å². The normalized spacial score (nSPS) is 10.1. The summed E-state index contributed by atoms with van der Waals surface area (Å²) in [4.78, 5) is 3.86. The van der Waals surface area contributed by atoms with Gasteiger partial charge in [0, 0.05) is 24.3 Å². The van der Waals surface area contributed by atoms with Crippen molar-refractivity contribution in [2.75, 3.05) is 25.6 Å².